The van der Waals surface area contributed by atoms with Gasteiger partial charge in [-0.05, 0) is 30.7 Å². The molecule has 0 aromatic heterocycles. The van der Waals surface area contributed by atoms with Crippen molar-refractivity contribution in [1.82, 2.24) is 5.32 Å². The van der Waals surface area contributed by atoms with Crippen LogP contribution in [0, 0.1) is 17.7 Å². The first-order valence-corrected chi connectivity index (χ1v) is 8.50. The fraction of sp³-hybridized carbons (Fsp3) is 0.238. The molecule has 0 radical (unpaired) electrons. The summed E-state index contributed by atoms with van der Waals surface area (Å²) in [5.74, 6) is 4.31. The van der Waals surface area contributed by atoms with Crippen molar-refractivity contribution in [3.05, 3.63) is 71.0 Å². The second kappa shape index (κ2) is 10.6. The summed E-state index contributed by atoms with van der Waals surface area (Å²) in [4.78, 5) is 23.3. The summed E-state index contributed by atoms with van der Waals surface area (Å²) in [6.45, 7) is 2.33. The maximum absolute atomic E-state index is 13.7. The van der Waals surface area contributed by atoms with Crippen LogP contribution in [0.5, 0.6) is 0 Å². The van der Waals surface area contributed by atoms with Gasteiger partial charge in [-0.1, -0.05) is 42.2 Å². The average Bonchev–Trinajstić information content (AvgIpc) is 2.68. The lowest BCUT2D eigenvalue weighted by Crippen LogP contribution is -2.24. The number of hydrogen-bond donors (Lipinski definition) is 1. The Morgan fingerprint density at radius 3 is 2.63 bits per heavy atom. The monoisotopic (exact) mass is 369 g/mol. The number of ether oxygens (including phenoxy) is 2. The van der Waals surface area contributed by atoms with Crippen molar-refractivity contribution in [3.8, 4) is 11.8 Å². The van der Waals surface area contributed by atoms with E-state index in [0.29, 0.717) is 18.5 Å². The van der Waals surface area contributed by atoms with Crippen LogP contribution in [0.2, 0.25) is 0 Å². The predicted octanol–water partition coefficient (Wildman–Crippen LogP) is 3.67. The van der Waals surface area contributed by atoms with Crippen molar-refractivity contribution in [2.75, 3.05) is 13.2 Å². The minimum atomic E-state index is -0.721. The van der Waals surface area contributed by atoms with Crippen LogP contribution < -0.4 is 5.32 Å². The van der Waals surface area contributed by atoms with Gasteiger partial charge in [0.25, 0.3) is 0 Å². The van der Waals surface area contributed by atoms with Gasteiger partial charge in [-0.2, -0.15) is 0 Å². The van der Waals surface area contributed by atoms with Crippen LogP contribution in [0.25, 0.3) is 0 Å². The molecule has 0 saturated carbocycles. The maximum atomic E-state index is 13.7. The Balaban J connectivity index is 1.77. The molecule has 0 atom stereocenters. The van der Waals surface area contributed by atoms with Crippen molar-refractivity contribution >= 4 is 12.1 Å². The molecule has 0 fully saturated rings. The van der Waals surface area contributed by atoms with E-state index in [-0.39, 0.29) is 18.8 Å². The van der Waals surface area contributed by atoms with Gasteiger partial charge in [-0.15, -0.1) is 0 Å². The van der Waals surface area contributed by atoms with Crippen molar-refractivity contribution in [2.45, 2.75) is 20.0 Å². The van der Waals surface area contributed by atoms with Crippen LogP contribution in [0.4, 0.5) is 9.18 Å². The largest absolute Gasteiger partial charge is 0.462 e. The summed E-state index contributed by atoms with van der Waals surface area (Å²) in [7, 11) is 0. The molecule has 1 amide bonds. The van der Waals surface area contributed by atoms with Crippen molar-refractivity contribution in [2.24, 2.45) is 0 Å². The molecule has 0 heterocycles. The number of halogens is 1. The van der Waals surface area contributed by atoms with Gasteiger partial charge in [0.05, 0.1) is 12.2 Å². The molecule has 27 heavy (non-hydrogen) atoms. The molecule has 0 aliphatic rings. The fourth-order valence-corrected chi connectivity index (χ4v) is 2.13. The predicted molar refractivity (Wildman–Crippen MR) is 98.5 cm³/mol. The van der Waals surface area contributed by atoms with E-state index in [2.05, 4.69) is 17.2 Å². The second-order valence-corrected chi connectivity index (χ2v) is 5.46. The van der Waals surface area contributed by atoms with Crippen molar-refractivity contribution in [1.29, 1.82) is 0 Å². The first-order chi connectivity index (χ1) is 13.1. The number of rotatable bonds is 6. The Hall–Kier alpha value is -3.33. The molecule has 0 aliphatic heterocycles. The molecule has 2 rings (SSSR count). The van der Waals surface area contributed by atoms with Gasteiger partial charge in [0.2, 0.25) is 0 Å². The Kier molecular flexibility index (Phi) is 7.86. The topological polar surface area (TPSA) is 64.6 Å². The number of amides is 1. The molecule has 6 heteroatoms. The average molecular weight is 369 g/mol. The first kappa shape index (κ1) is 20.0. The van der Waals surface area contributed by atoms with Crippen LogP contribution in [0.15, 0.2) is 48.5 Å². The summed E-state index contributed by atoms with van der Waals surface area (Å²) >= 11 is 0. The highest BCUT2D eigenvalue weighted by molar-refractivity contribution is 5.90. The van der Waals surface area contributed by atoms with Crippen molar-refractivity contribution in [3.63, 3.8) is 0 Å². The Labute approximate surface area is 157 Å². The van der Waals surface area contributed by atoms with Crippen LogP contribution in [-0.4, -0.2) is 25.2 Å². The van der Waals surface area contributed by atoms with E-state index in [4.69, 9.17) is 9.47 Å². The molecule has 0 aliphatic carbocycles. The van der Waals surface area contributed by atoms with E-state index in [1.54, 1.807) is 6.92 Å². The molecule has 1 N–H and O–H groups in total. The summed E-state index contributed by atoms with van der Waals surface area (Å²) in [6.07, 6.45) is -0.140. The molecule has 140 valence electrons. The standard InChI is InChI=1S/C21H20FNO4/c1-2-26-20(24)18-14-16(11-12-19(18)22)8-6-7-13-23-21(25)27-15-17-9-4-3-5-10-17/h3-5,9-12,14H,2,7,13,15H2,1H3,(H,23,25). The minimum absolute atomic E-state index is 0.147. The summed E-state index contributed by atoms with van der Waals surface area (Å²) in [5.41, 5.74) is 1.25. The van der Waals surface area contributed by atoms with Crippen molar-refractivity contribution < 1.29 is 23.5 Å². The number of carbonyl (C=O) groups is 2. The Morgan fingerprint density at radius 2 is 1.89 bits per heavy atom. The van der Waals surface area contributed by atoms with E-state index in [9.17, 15) is 14.0 Å². The highest BCUT2D eigenvalue weighted by Crippen LogP contribution is 2.11. The summed E-state index contributed by atoms with van der Waals surface area (Å²) in [6, 6.07) is 13.4. The molecule has 2 aromatic rings. The van der Waals surface area contributed by atoms with Gasteiger partial charge in [0, 0.05) is 18.5 Å². The molecule has 0 saturated heterocycles. The van der Waals surface area contributed by atoms with Gasteiger partial charge < -0.3 is 14.8 Å². The normalized spacial score (nSPS) is 9.70. The molecule has 0 unspecified atom stereocenters. The lowest BCUT2D eigenvalue weighted by Gasteiger charge is -2.05. The molecule has 2 aromatic carbocycles. The maximum Gasteiger partial charge on any atom is 0.407 e. The van der Waals surface area contributed by atoms with E-state index in [0.717, 1.165) is 5.56 Å². The zero-order valence-electron chi connectivity index (χ0n) is 15.0. The third-order valence-electron chi connectivity index (χ3n) is 3.43. The number of nitrogens with one attached hydrogen (secondary N) is 1. The first-order valence-electron chi connectivity index (χ1n) is 8.50. The van der Waals surface area contributed by atoms with E-state index >= 15 is 0 Å². The molecule has 5 nitrogen and oxygen atoms in total. The second-order valence-electron chi connectivity index (χ2n) is 5.46. The highest BCUT2D eigenvalue weighted by Gasteiger charge is 2.12. The Bertz CT molecular complexity index is 840. The molecular formula is C21H20FNO4. The van der Waals surface area contributed by atoms with E-state index < -0.39 is 17.9 Å². The van der Waals surface area contributed by atoms with Gasteiger partial charge in [-0.25, -0.2) is 14.0 Å². The number of benzene rings is 2. The zero-order chi connectivity index (χ0) is 19.5. The van der Waals surface area contributed by atoms with E-state index in [1.165, 1.54) is 18.2 Å². The molecular weight excluding hydrogens is 349 g/mol. The number of carbonyl (C=O) groups excluding carboxylic acids is 2. The third-order valence-corrected chi connectivity index (χ3v) is 3.43. The molecule has 0 bridgehead atoms. The fourth-order valence-electron chi connectivity index (χ4n) is 2.13. The highest BCUT2D eigenvalue weighted by atomic mass is 19.1. The zero-order valence-corrected chi connectivity index (χ0v) is 15.0. The number of alkyl carbamates (subject to hydrolysis) is 1. The SMILES string of the molecule is CCOC(=O)c1cc(C#CCCNC(=O)OCc2ccccc2)ccc1F. The van der Waals surface area contributed by atoms with Gasteiger partial charge in [0.15, 0.2) is 0 Å². The summed E-state index contributed by atoms with van der Waals surface area (Å²) < 4.78 is 23.5. The summed E-state index contributed by atoms with van der Waals surface area (Å²) in [5, 5.41) is 2.60. The van der Waals surface area contributed by atoms with Crippen LogP contribution in [0.3, 0.4) is 0 Å². The Morgan fingerprint density at radius 1 is 1.11 bits per heavy atom. The van der Waals surface area contributed by atoms with Crippen LogP contribution in [-0.2, 0) is 16.1 Å². The number of hydrogen-bond acceptors (Lipinski definition) is 4. The van der Waals surface area contributed by atoms with Crippen LogP contribution >= 0.6 is 0 Å². The van der Waals surface area contributed by atoms with Gasteiger partial charge in [0.1, 0.15) is 12.4 Å². The van der Waals surface area contributed by atoms with Gasteiger partial charge >= 0.3 is 12.1 Å². The molecule has 0 spiro atoms. The van der Waals surface area contributed by atoms with Crippen LogP contribution in [0.1, 0.15) is 34.8 Å². The minimum Gasteiger partial charge on any atom is -0.462 e. The third kappa shape index (κ3) is 6.83. The van der Waals surface area contributed by atoms with Gasteiger partial charge in [-0.3, -0.25) is 0 Å². The van der Waals surface area contributed by atoms with E-state index in [1.807, 2.05) is 30.3 Å². The number of esters is 1. The quantitative estimate of drug-likeness (QED) is 0.479. The smallest absolute Gasteiger partial charge is 0.407 e. The lowest BCUT2D eigenvalue weighted by atomic mass is 10.1. The lowest BCUT2D eigenvalue weighted by molar-refractivity contribution is 0.0521.